The molecule has 0 spiro atoms. The molecule has 3 rings (SSSR count). The molecule has 0 aliphatic rings. The van der Waals surface area contributed by atoms with Gasteiger partial charge in [0.05, 0.1) is 21.2 Å². The summed E-state index contributed by atoms with van der Waals surface area (Å²) in [6.07, 6.45) is 1.39. The minimum absolute atomic E-state index is 0.0396. The van der Waals surface area contributed by atoms with Crippen LogP contribution in [0.2, 0.25) is 0 Å². The minimum Gasteiger partial charge on any atom is -0.453 e. The van der Waals surface area contributed by atoms with E-state index in [1.807, 2.05) is 0 Å². The number of nitrogens with zero attached hydrogens (tertiary/aromatic N) is 2. The smallest absolute Gasteiger partial charge is 0.272 e. The van der Waals surface area contributed by atoms with E-state index in [0.29, 0.717) is 10.2 Å². The quantitative estimate of drug-likeness (QED) is 0.535. The Morgan fingerprint density at radius 3 is 2.68 bits per heavy atom. The Hall–Kier alpha value is -2.63. The Morgan fingerprint density at radius 2 is 2.04 bits per heavy atom. The van der Waals surface area contributed by atoms with Crippen molar-refractivity contribution in [1.82, 2.24) is 9.71 Å². The van der Waals surface area contributed by atoms with E-state index in [1.54, 1.807) is 0 Å². The molecule has 130 valence electrons. The van der Waals surface area contributed by atoms with Crippen LogP contribution in [0, 0.1) is 15.9 Å². The number of benzene rings is 1. The van der Waals surface area contributed by atoms with E-state index in [0.717, 1.165) is 29.5 Å². The van der Waals surface area contributed by atoms with Gasteiger partial charge in [0, 0.05) is 18.3 Å². The number of non-ortho nitro benzene ring substituents is 1. The molecule has 25 heavy (non-hydrogen) atoms. The van der Waals surface area contributed by atoms with Crippen molar-refractivity contribution in [3.05, 3.63) is 52.5 Å². The number of ether oxygens (including phenoxy) is 1. The van der Waals surface area contributed by atoms with Gasteiger partial charge in [0.25, 0.3) is 5.69 Å². The van der Waals surface area contributed by atoms with Crippen molar-refractivity contribution in [2.75, 3.05) is 7.05 Å². The highest BCUT2D eigenvalue weighted by Gasteiger charge is 2.19. The first-order valence-corrected chi connectivity index (χ1v) is 9.05. The molecule has 0 bridgehead atoms. The summed E-state index contributed by atoms with van der Waals surface area (Å²) in [6.45, 7) is 0. The lowest BCUT2D eigenvalue weighted by Crippen LogP contribution is -2.17. The molecular formula is C14H10FN3O5S2. The molecule has 1 aromatic carbocycles. The standard InChI is InChI=1S/C14H10FN3O5S2/c1-16-25(21,22)13-7-10-14(24-13)12(4-5-17-10)23-11-3-2-8(18(19)20)6-9(11)15/h2-7,16H,1H3. The van der Waals surface area contributed by atoms with Crippen molar-refractivity contribution in [2.24, 2.45) is 0 Å². The fourth-order valence-electron chi connectivity index (χ4n) is 2.01. The van der Waals surface area contributed by atoms with Crippen molar-refractivity contribution in [3.63, 3.8) is 0 Å². The van der Waals surface area contributed by atoms with Gasteiger partial charge in [0.1, 0.15) is 9.96 Å². The highest BCUT2D eigenvalue weighted by atomic mass is 32.2. The van der Waals surface area contributed by atoms with Gasteiger partial charge >= 0.3 is 0 Å². The molecule has 0 radical (unpaired) electrons. The first kappa shape index (κ1) is 17.2. The van der Waals surface area contributed by atoms with Crippen LogP contribution in [0.3, 0.4) is 0 Å². The number of aromatic nitrogens is 1. The Labute approximate surface area is 145 Å². The molecule has 0 unspecified atom stereocenters. The first-order chi connectivity index (χ1) is 11.8. The van der Waals surface area contributed by atoms with Crippen LogP contribution in [-0.2, 0) is 10.0 Å². The molecule has 0 aliphatic carbocycles. The molecule has 2 aromatic heterocycles. The molecule has 1 N–H and O–H groups in total. The number of pyridine rings is 1. The van der Waals surface area contributed by atoms with Gasteiger partial charge in [-0.05, 0) is 19.2 Å². The number of hydrogen-bond donors (Lipinski definition) is 1. The lowest BCUT2D eigenvalue weighted by atomic mass is 10.3. The number of hydrogen-bond acceptors (Lipinski definition) is 7. The largest absolute Gasteiger partial charge is 0.453 e. The predicted molar refractivity (Wildman–Crippen MR) is 89.0 cm³/mol. The predicted octanol–water partition coefficient (Wildman–Crippen LogP) is 3.04. The van der Waals surface area contributed by atoms with E-state index in [1.165, 1.54) is 25.4 Å². The molecule has 0 saturated carbocycles. The van der Waals surface area contributed by atoms with E-state index in [2.05, 4.69) is 9.71 Å². The highest BCUT2D eigenvalue weighted by Crippen LogP contribution is 2.37. The summed E-state index contributed by atoms with van der Waals surface area (Å²) < 4.78 is 45.9. The topological polar surface area (TPSA) is 111 Å². The number of thiophene rings is 1. The summed E-state index contributed by atoms with van der Waals surface area (Å²) in [4.78, 5) is 14.0. The van der Waals surface area contributed by atoms with Crippen molar-refractivity contribution in [1.29, 1.82) is 0 Å². The molecule has 11 heteroatoms. The Morgan fingerprint density at radius 1 is 1.28 bits per heavy atom. The molecule has 0 saturated heterocycles. The Kier molecular flexibility index (Phi) is 4.37. The zero-order valence-electron chi connectivity index (χ0n) is 12.6. The molecule has 3 aromatic rings. The summed E-state index contributed by atoms with van der Waals surface area (Å²) in [7, 11) is -2.36. The fourth-order valence-corrected chi connectivity index (χ4v) is 4.22. The third kappa shape index (κ3) is 3.29. The van der Waals surface area contributed by atoms with E-state index in [4.69, 9.17) is 4.74 Å². The Balaban J connectivity index is 2.04. The molecule has 0 atom stereocenters. The maximum atomic E-state index is 14.0. The monoisotopic (exact) mass is 383 g/mol. The molecule has 0 aliphatic heterocycles. The average molecular weight is 383 g/mol. The summed E-state index contributed by atoms with van der Waals surface area (Å²) in [5.74, 6) is -0.927. The van der Waals surface area contributed by atoms with Crippen LogP contribution < -0.4 is 9.46 Å². The molecule has 0 fully saturated rings. The van der Waals surface area contributed by atoms with Gasteiger partial charge < -0.3 is 4.74 Å². The molecular weight excluding hydrogens is 373 g/mol. The van der Waals surface area contributed by atoms with E-state index in [-0.39, 0.29) is 15.7 Å². The summed E-state index contributed by atoms with van der Waals surface area (Å²) in [5.41, 5.74) is -0.0260. The number of halogens is 1. The lowest BCUT2D eigenvalue weighted by molar-refractivity contribution is -0.385. The molecule has 0 amide bonds. The second-order valence-corrected chi connectivity index (χ2v) is 7.94. The van der Waals surface area contributed by atoms with Crippen LogP contribution in [0.15, 0.2) is 40.7 Å². The van der Waals surface area contributed by atoms with Gasteiger partial charge in [-0.25, -0.2) is 17.5 Å². The summed E-state index contributed by atoms with van der Waals surface area (Å²) in [6, 6.07) is 5.83. The van der Waals surface area contributed by atoms with E-state index in [9.17, 15) is 22.9 Å². The van der Waals surface area contributed by atoms with Gasteiger partial charge in [-0.1, -0.05) is 0 Å². The number of fused-ring (bicyclic) bond motifs is 1. The maximum absolute atomic E-state index is 14.0. The van der Waals surface area contributed by atoms with Crippen LogP contribution in [-0.4, -0.2) is 25.4 Å². The number of sulfonamides is 1. The third-order valence-corrected chi connectivity index (χ3v) is 6.26. The van der Waals surface area contributed by atoms with Crippen LogP contribution in [0.4, 0.5) is 10.1 Å². The van der Waals surface area contributed by atoms with Crippen LogP contribution in [0.5, 0.6) is 11.5 Å². The van der Waals surface area contributed by atoms with Crippen molar-refractivity contribution >= 4 is 37.3 Å². The zero-order chi connectivity index (χ0) is 18.2. The second kappa shape index (κ2) is 6.35. The average Bonchev–Trinajstić information content (AvgIpc) is 3.02. The van der Waals surface area contributed by atoms with Gasteiger partial charge in [-0.2, -0.15) is 0 Å². The van der Waals surface area contributed by atoms with E-state index >= 15 is 0 Å². The normalized spacial score (nSPS) is 11.6. The summed E-state index contributed by atoms with van der Waals surface area (Å²) in [5, 5.41) is 10.7. The van der Waals surface area contributed by atoms with Gasteiger partial charge in [0.15, 0.2) is 11.6 Å². The number of rotatable bonds is 5. The number of nitro groups is 1. The van der Waals surface area contributed by atoms with Crippen molar-refractivity contribution in [2.45, 2.75) is 4.21 Å². The van der Waals surface area contributed by atoms with E-state index < -0.39 is 26.5 Å². The lowest BCUT2D eigenvalue weighted by Gasteiger charge is -2.07. The minimum atomic E-state index is -3.65. The molecule has 2 heterocycles. The van der Waals surface area contributed by atoms with Gasteiger partial charge in [0.2, 0.25) is 10.0 Å². The van der Waals surface area contributed by atoms with Crippen molar-refractivity contribution < 1.29 is 22.5 Å². The number of nitrogens with one attached hydrogen (secondary N) is 1. The second-order valence-electron chi connectivity index (χ2n) is 4.77. The van der Waals surface area contributed by atoms with Gasteiger partial charge in [-0.3, -0.25) is 15.1 Å². The summed E-state index contributed by atoms with van der Waals surface area (Å²) >= 11 is 0.920. The third-order valence-electron chi connectivity index (χ3n) is 3.23. The van der Waals surface area contributed by atoms with Crippen LogP contribution >= 0.6 is 11.3 Å². The highest BCUT2D eigenvalue weighted by molar-refractivity contribution is 7.91. The van der Waals surface area contributed by atoms with Crippen LogP contribution in [0.25, 0.3) is 10.2 Å². The zero-order valence-corrected chi connectivity index (χ0v) is 14.2. The molecule has 8 nitrogen and oxygen atoms in total. The number of nitro benzene ring substituents is 1. The fraction of sp³-hybridized carbons (Fsp3) is 0.0714. The maximum Gasteiger partial charge on any atom is 0.272 e. The first-order valence-electron chi connectivity index (χ1n) is 6.76. The van der Waals surface area contributed by atoms with Crippen molar-refractivity contribution in [3.8, 4) is 11.5 Å². The Bertz CT molecular complexity index is 1080. The SMILES string of the molecule is CNS(=O)(=O)c1cc2nccc(Oc3ccc([N+](=O)[O-])cc3F)c2s1. The van der Waals surface area contributed by atoms with Crippen LogP contribution in [0.1, 0.15) is 0 Å². The van der Waals surface area contributed by atoms with Gasteiger partial charge in [-0.15, -0.1) is 11.3 Å².